The first-order chi connectivity index (χ1) is 7.62. The van der Waals surface area contributed by atoms with Crippen LogP contribution in [0.3, 0.4) is 0 Å². The van der Waals surface area contributed by atoms with E-state index in [0.717, 1.165) is 0 Å². The van der Waals surface area contributed by atoms with Crippen molar-refractivity contribution in [2.45, 2.75) is 18.5 Å². The van der Waals surface area contributed by atoms with E-state index in [-0.39, 0.29) is 39.0 Å². The summed E-state index contributed by atoms with van der Waals surface area (Å²) in [6.45, 7) is 0. The van der Waals surface area contributed by atoms with Gasteiger partial charge in [0.05, 0.1) is 0 Å². The number of hydrogen-bond donors (Lipinski definition) is 2. The summed E-state index contributed by atoms with van der Waals surface area (Å²) in [6, 6.07) is 0. The maximum atomic E-state index is 10.6. The van der Waals surface area contributed by atoms with Gasteiger partial charge in [-0.05, 0) is 0 Å². The maximum Gasteiger partial charge on any atom is 0.432 e. The van der Waals surface area contributed by atoms with E-state index in [1.165, 1.54) is 0 Å². The van der Waals surface area contributed by atoms with Crippen LogP contribution in [0.15, 0.2) is 0 Å². The molecule has 0 aliphatic carbocycles. The first kappa shape index (κ1) is 31.9. The molecule has 0 bridgehead atoms. The van der Waals surface area contributed by atoms with Crippen LogP contribution in [-0.4, -0.2) is 48.4 Å². The Morgan fingerprint density at radius 3 is 0.900 bits per heavy atom. The Bertz CT molecular complexity index is 248. The van der Waals surface area contributed by atoms with Crippen molar-refractivity contribution in [1.29, 1.82) is 0 Å². The van der Waals surface area contributed by atoms with Crippen LogP contribution in [0, 0.1) is 0 Å². The van der Waals surface area contributed by atoms with Crippen LogP contribution in [0.5, 0.6) is 0 Å². The first-order valence-electron chi connectivity index (χ1n) is 3.39. The van der Waals surface area contributed by atoms with Crippen LogP contribution in [0.25, 0.3) is 11.5 Å². The van der Waals surface area contributed by atoms with Gasteiger partial charge in [0, 0.05) is 39.0 Å². The van der Waals surface area contributed by atoms with E-state index in [4.69, 9.17) is 31.3 Å². The Hall–Kier alpha value is -0.248. The summed E-state index contributed by atoms with van der Waals surface area (Å²) in [5, 5.41) is 14.8. The summed E-state index contributed by atoms with van der Waals surface area (Å²) < 4.78 is 63.8. The number of hydrogen-bond acceptors (Lipinski definition) is 4. The molecule has 2 radical (unpaired) electrons. The second-order valence-electron chi connectivity index (χ2n) is 2.07. The number of rotatable bonds is 0. The number of aliphatic hydroxyl groups excluding tert-OH is 1. The van der Waals surface area contributed by atoms with E-state index in [0.29, 0.717) is 0 Å². The van der Waals surface area contributed by atoms with Crippen molar-refractivity contribution in [1.82, 2.24) is 0 Å². The Kier molecular flexibility index (Phi) is 21.9. The monoisotopic (exact) mass is 410 g/mol. The standard InChI is InChI=1S/2C2H2F3NO.CH3BO2.2Zn/c2*3-2(4,5)1(6)7;2-1(3)4;;/h2*(H2,6,7);1,3-4H;;/p-2. The average molecular weight is 413 g/mol. The molecule has 0 heterocycles. The Balaban J connectivity index is -0.0000000555. The molecule has 4 N–H and O–H groups in total. The first-order valence-corrected chi connectivity index (χ1v) is 3.39. The summed E-state index contributed by atoms with van der Waals surface area (Å²) in [6.07, 6.45) is -11.6. The Morgan fingerprint density at radius 1 is 0.850 bits per heavy atom. The molecule has 0 aliphatic rings. The summed E-state index contributed by atoms with van der Waals surface area (Å²) in [4.78, 5) is 18.0. The predicted molar refractivity (Wildman–Crippen MR) is 44.7 cm³/mol. The van der Waals surface area contributed by atoms with Crippen molar-refractivity contribution in [3.8, 4) is 0 Å². The van der Waals surface area contributed by atoms with E-state index in [2.05, 4.69) is 7.85 Å². The molecule has 0 unspecified atom stereocenters. The SMILES string of the molecule is [B]C(O)O.[NH-]C(=O)C(F)(F)F.[NH-]C(=O)C(F)(F)F.[Zn].[Zn]. The van der Waals surface area contributed by atoms with E-state index in [9.17, 15) is 26.3 Å². The third-order valence-electron chi connectivity index (χ3n) is 0.515. The normalized spacial score (nSPS) is 9.65. The molecule has 0 saturated heterocycles. The third-order valence-corrected chi connectivity index (χ3v) is 0.515. The van der Waals surface area contributed by atoms with Gasteiger partial charge in [-0.1, -0.05) is 0 Å². The molecule has 0 atom stereocenters. The zero-order valence-corrected chi connectivity index (χ0v) is 15.5. The van der Waals surface area contributed by atoms with E-state index in [1.807, 2.05) is 0 Å². The zero-order chi connectivity index (χ0) is 15.7. The second-order valence-corrected chi connectivity index (χ2v) is 2.07. The molecule has 0 spiro atoms. The fourth-order valence-electron chi connectivity index (χ4n) is 0. The Labute approximate surface area is 135 Å². The number of halogens is 6. The molecule has 0 aromatic heterocycles. The van der Waals surface area contributed by atoms with Gasteiger partial charge in [-0.25, -0.2) is 0 Å². The van der Waals surface area contributed by atoms with Crippen LogP contribution in [0.4, 0.5) is 26.3 Å². The van der Waals surface area contributed by atoms with Gasteiger partial charge in [-0.2, -0.15) is 26.3 Å². The minimum Gasteiger partial charge on any atom is -0.660 e. The van der Waals surface area contributed by atoms with Crippen molar-refractivity contribution in [3.05, 3.63) is 11.5 Å². The predicted octanol–water partition coefficient (Wildman–Crippen LogP) is 0.673. The van der Waals surface area contributed by atoms with Gasteiger partial charge in [0.1, 0.15) is 14.0 Å². The molecular formula is C5H5BF6N2O4Zn2-2. The molecule has 110 valence electrons. The molecule has 0 fully saturated rings. The molecule has 0 rings (SSSR count). The van der Waals surface area contributed by atoms with Crippen LogP contribution >= 0.6 is 0 Å². The summed E-state index contributed by atoms with van der Waals surface area (Å²) in [5.41, 5.74) is 10.9. The number of carbonyl (C=O) groups is 2. The second kappa shape index (κ2) is 13.7. The minimum atomic E-state index is -4.97. The fourth-order valence-corrected chi connectivity index (χ4v) is 0. The molecular weight excluding hydrogens is 408 g/mol. The molecule has 0 aliphatic heterocycles. The molecule has 20 heavy (non-hydrogen) atoms. The summed E-state index contributed by atoms with van der Waals surface area (Å²) in [5.74, 6) is -5.01. The maximum absolute atomic E-state index is 10.6. The smallest absolute Gasteiger partial charge is 0.432 e. The zero-order valence-electron chi connectivity index (χ0n) is 9.55. The van der Waals surface area contributed by atoms with Crippen molar-refractivity contribution >= 4 is 19.7 Å². The van der Waals surface area contributed by atoms with Crippen molar-refractivity contribution in [2.75, 3.05) is 0 Å². The number of amides is 2. The van der Waals surface area contributed by atoms with Gasteiger partial charge in [0.2, 0.25) is 0 Å². The van der Waals surface area contributed by atoms with Crippen molar-refractivity contribution < 1.29 is 85.1 Å². The average Bonchev–Trinajstić information content (AvgIpc) is 1.99. The number of aliphatic hydroxyl groups is 2. The minimum absolute atomic E-state index is 0. The molecule has 15 heteroatoms. The number of carbonyl (C=O) groups excluding carboxylic acids is 2. The number of nitrogens with one attached hydrogen (secondary N) is 2. The Morgan fingerprint density at radius 2 is 0.900 bits per heavy atom. The van der Waals surface area contributed by atoms with Crippen LogP contribution in [0.2, 0.25) is 0 Å². The molecule has 2 amide bonds. The van der Waals surface area contributed by atoms with E-state index >= 15 is 0 Å². The molecule has 0 aromatic rings. The van der Waals surface area contributed by atoms with Gasteiger partial charge in [0.25, 0.3) is 0 Å². The number of alkyl halides is 6. The topological polar surface area (TPSA) is 122 Å². The third kappa shape index (κ3) is 36.1. The largest absolute Gasteiger partial charge is 0.660 e. The van der Waals surface area contributed by atoms with Crippen LogP contribution in [-0.2, 0) is 48.5 Å². The van der Waals surface area contributed by atoms with Crippen molar-refractivity contribution in [3.63, 3.8) is 0 Å². The molecule has 6 nitrogen and oxygen atoms in total. The van der Waals surface area contributed by atoms with E-state index in [1.54, 1.807) is 0 Å². The van der Waals surface area contributed by atoms with Gasteiger partial charge in [0.15, 0.2) is 11.8 Å². The van der Waals surface area contributed by atoms with Gasteiger partial charge < -0.3 is 31.3 Å². The quantitative estimate of drug-likeness (QED) is 0.345. The van der Waals surface area contributed by atoms with E-state index < -0.39 is 30.4 Å². The molecule has 0 aromatic carbocycles. The van der Waals surface area contributed by atoms with Gasteiger partial charge in [-0.3, -0.25) is 0 Å². The van der Waals surface area contributed by atoms with Crippen LogP contribution < -0.4 is 0 Å². The van der Waals surface area contributed by atoms with Gasteiger partial charge >= 0.3 is 12.4 Å². The summed E-state index contributed by atoms with van der Waals surface area (Å²) in [7, 11) is 4.22. The molecule has 0 saturated carbocycles. The van der Waals surface area contributed by atoms with Crippen molar-refractivity contribution in [2.24, 2.45) is 0 Å². The van der Waals surface area contributed by atoms with Gasteiger partial charge in [-0.15, -0.1) is 0 Å². The fraction of sp³-hybridized carbons (Fsp3) is 0.600. The summed E-state index contributed by atoms with van der Waals surface area (Å²) >= 11 is 0. The van der Waals surface area contributed by atoms with Crippen LogP contribution in [0.1, 0.15) is 0 Å².